The number of piperidine rings is 1. The van der Waals surface area contributed by atoms with E-state index < -0.39 is 0 Å². The monoisotopic (exact) mass is 454 g/mol. The highest BCUT2D eigenvalue weighted by Gasteiger charge is 2.27. The number of carbonyl (C=O) groups excluding carboxylic acids is 2. The van der Waals surface area contributed by atoms with Gasteiger partial charge in [-0.05, 0) is 43.2 Å². The second-order valence-electron chi connectivity index (χ2n) is 9.31. The van der Waals surface area contributed by atoms with Gasteiger partial charge in [0.1, 0.15) is 6.54 Å². The Balaban J connectivity index is 1.39. The van der Waals surface area contributed by atoms with Crippen molar-refractivity contribution >= 4 is 40.4 Å². The van der Waals surface area contributed by atoms with Gasteiger partial charge in [0.2, 0.25) is 17.6 Å². The zero-order chi connectivity index (χ0) is 22.2. The predicted molar refractivity (Wildman–Crippen MR) is 125 cm³/mol. The number of aromatic nitrogens is 4. The van der Waals surface area contributed by atoms with Gasteiger partial charge in [0.15, 0.2) is 5.16 Å². The zero-order valence-corrected chi connectivity index (χ0v) is 19.6. The van der Waals surface area contributed by atoms with Gasteiger partial charge >= 0.3 is 0 Å². The fraction of sp³-hybridized carbons (Fsp3) is 0.565. The van der Waals surface area contributed by atoms with E-state index in [-0.39, 0.29) is 18.4 Å². The molecule has 2 fully saturated rings. The van der Waals surface area contributed by atoms with Gasteiger partial charge in [-0.1, -0.05) is 37.7 Å². The Labute approximate surface area is 191 Å². The molecule has 0 unspecified atom stereocenters. The summed E-state index contributed by atoms with van der Waals surface area (Å²) < 4.78 is 3.93. The van der Waals surface area contributed by atoms with Crippen LogP contribution in [0.1, 0.15) is 33.1 Å². The second-order valence-corrected chi connectivity index (χ2v) is 10.3. The molecule has 0 bridgehead atoms. The summed E-state index contributed by atoms with van der Waals surface area (Å²) in [6.45, 7) is 8.00. The number of amides is 2. The molecular formula is C23H30N6O2S. The number of thioether (sulfide) groups is 1. The summed E-state index contributed by atoms with van der Waals surface area (Å²) in [6.07, 6.45) is 3.32. The van der Waals surface area contributed by atoms with Crippen molar-refractivity contribution in [1.82, 2.24) is 29.0 Å². The average Bonchev–Trinajstić information content (AvgIpc) is 3.50. The van der Waals surface area contributed by atoms with Crippen LogP contribution in [0, 0.1) is 11.8 Å². The first-order valence-corrected chi connectivity index (χ1v) is 12.5. The third kappa shape index (κ3) is 3.98. The molecular weight excluding hydrogens is 424 g/mol. The van der Waals surface area contributed by atoms with E-state index in [4.69, 9.17) is 0 Å². The predicted octanol–water partition coefficient (Wildman–Crippen LogP) is 2.90. The smallest absolute Gasteiger partial charge is 0.242 e. The van der Waals surface area contributed by atoms with Gasteiger partial charge in [0.25, 0.3) is 0 Å². The lowest BCUT2D eigenvalue weighted by Crippen LogP contribution is -2.43. The molecule has 2 aromatic heterocycles. The molecule has 2 atom stereocenters. The number of imidazole rings is 1. The topological polar surface area (TPSA) is 75.7 Å². The minimum Gasteiger partial charge on any atom is -0.341 e. The molecule has 8 nitrogen and oxygen atoms in total. The first-order valence-electron chi connectivity index (χ1n) is 11.5. The molecule has 0 spiro atoms. The third-order valence-electron chi connectivity index (χ3n) is 6.57. The van der Waals surface area contributed by atoms with Crippen LogP contribution < -0.4 is 0 Å². The van der Waals surface area contributed by atoms with Crippen LogP contribution in [0.3, 0.4) is 0 Å². The van der Waals surface area contributed by atoms with E-state index in [0.29, 0.717) is 28.5 Å². The molecule has 32 heavy (non-hydrogen) atoms. The molecule has 0 radical (unpaired) electrons. The molecule has 3 aromatic rings. The highest BCUT2D eigenvalue weighted by molar-refractivity contribution is 7.99. The summed E-state index contributed by atoms with van der Waals surface area (Å²) >= 11 is 1.42. The molecule has 170 valence electrons. The normalized spacial score (nSPS) is 21.7. The molecule has 1 aromatic carbocycles. The largest absolute Gasteiger partial charge is 0.341 e. The van der Waals surface area contributed by atoms with Gasteiger partial charge in [-0.3, -0.25) is 18.6 Å². The lowest BCUT2D eigenvalue weighted by atomic mass is 9.92. The lowest BCUT2D eigenvalue weighted by molar-refractivity contribution is -0.131. The van der Waals surface area contributed by atoms with Crippen LogP contribution in [-0.2, 0) is 16.1 Å². The van der Waals surface area contributed by atoms with E-state index in [1.54, 1.807) is 0 Å². The highest BCUT2D eigenvalue weighted by atomic mass is 32.2. The van der Waals surface area contributed by atoms with Crippen molar-refractivity contribution in [3.63, 3.8) is 0 Å². The Hall–Kier alpha value is -2.55. The quantitative estimate of drug-likeness (QED) is 0.554. The number of para-hydroxylation sites is 2. The minimum atomic E-state index is 0.117. The Bertz CT molecular complexity index is 1140. The van der Waals surface area contributed by atoms with Crippen LogP contribution in [0.15, 0.2) is 29.4 Å². The van der Waals surface area contributed by atoms with Crippen LogP contribution in [-0.4, -0.2) is 72.7 Å². The number of hydrogen-bond donors (Lipinski definition) is 0. The summed E-state index contributed by atoms with van der Waals surface area (Å²) in [7, 11) is 0. The summed E-state index contributed by atoms with van der Waals surface area (Å²) in [5, 5.41) is 9.48. The molecule has 2 saturated heterocycles. The van der Waals surface area contributed by atoms with Crippen molar-refractivity contribution in [2.24, 2.45) is 11.8 Å². The summed E-state index contributed by atoms with van der Waals surface area (Å²) in [6, 6.07) is 7.98. The molecule has 0 N–H and O–H groups in total. The van der Waals surface area contributed by atoms with E-state index >= 15 is 0 Å². The summed E-state index contributed by atoms with van der Waals surface area (Å²) in [5.74, 6) is 2.34. The van der Waals surface area contributed by atoms with Crippen molar-refractivity contribution in [3.8, 4) is 0 Å². The van der Waals surface area contributed by atoms with Gasteiger partial charge in [-0.2, -0.15) is 0 Å². The maximum Gasteiger partial charge on any atom is 0.242 e. The van der Waals surface area contributed by atoms with Crippen LogP contribution in [0.4, 0.5) is 0 Å². The Morgan fingerprint density at radius 2 is 1.66 bits per heavy atom. The number of fused-ring (bicyclic) bond motifs is 3. The van der Waals surface area contributed by atoms with Crippen molar-refractivity contribution < 1.29 is 9.59 Å². The van der Waals surface area contributed by atoms with Gasteiger partial charge in [-0.15, -0.1) is 10.2 Å². The fourth-order valence-electron chi connectivity index (χ4n) is 5.17. The number of rotatable bonds is 5. The third-order valence-corrected chi connectivity index (χ3v) is 7.48. The maximum atomic E-state index is 12.9. The van der Waals surface area contributed by atoms with Gasteiger partial charge in [0, 0.05) is 26.2 Å². The van der Waals surface area contributed by atoms with Crippen LogP contribution in [0.5, 0.6) is 0 Å². The van der Waals surface area contributed by atoms with Crippen molar-refractivity contribution in [2.45, 2.75) is 44.8 Å². The van der Waals surface area contributed by atoms with Crippen LogP contribution >= 0.6 is 11.8 Å². The molecule has 2 aliphatic rings. The van der Waals surface area contributed by atoms with E-state index in [0.717, 1.165) is 50.1 Å². The van der Waals surface area contributed by atoms with E-state index in [9.17, 15) is 9.59 Å². The summed E-state index contributed by atoms with van der Waals surface area (Å²) in [5.41, 5.74) is 1.91. The standard InChI is InChI=1S/C23H30N6O2S/c1-16-11-17(2)13-27(12-16)21(31)15-32-23-25-24-22-28(14-20(30)26-9-5-6-10-26)18-7-3-4-8-19(18)29(22)23/h3-4,7-8,16-17H,5-6,9-15H2,1-2H3/t16-,17+. The SMILES string of the molecule is C[C@@H]1C[C@H](C)CN(C(=O)CSc2nnc3n(CC(=O)N4CCCC4)c4ccccc4n23)C1. The van der Waals surface area contributed by atoms with E-state index in [1.807, 2.05) is 43.0 Å². The van der Waals surface area contributed by atoms with Gasteiger partial charge in [0.05, 0.1) is 16.8 Å². The average molecular weight is 455 g/mol. The number of benzene rings is 1. The molecule has 4 heterocycles. The molecule has 0 saturated carbocycles. The molecule has 9 heteroatoms. The van der Waals surface area contributed by atoms with Gasteiger partial charge < -0.3 is 9.80 Å². The minimum absolute atomic E-state index is 0.117. The van der Waals surface area contributed by atoms with Crippen molar-refractivity contribution in [2.75, 3.05) is 31.9 Å². The highest BCUT2D eigenvalue weighted by Crippen LogP contribution is 2.27. The number of carbonyl (C=O) groups is 2. The fourth-order valence-corrected chi connectivity index (χ4v) is 6.02. The first-order chi connectivity index (χ1) is 15.5. The van der Waals surface area contributed by atoms with Crippen LogP contribution in [0.2, 0.25) is 0 Å². The molecule has 2 aliphatic heterocycles. The Morgan fingerprint density at radius 1 is 0.969 bits per heavy atom. The molecule has 5 rings (SSSR count). The Kier molecular flexibility index (Phi) is 5.84. The van der Waals surface area contributed by atoms with Crippen molar-refractivity contribution in [1.29, 1.82) is 0 Å². The van der Waals surface area contributed by atoms with Gasteiger partial charge in [-0.25, -0.2) is 0 Å². The second kappa shape index (κ2) is 8.77. The van der Waals surface area contributed by atoms with Crippen molar-refractivity contribution in [3.05, 3.63) is 24.3 Å². The Morgan fingerprint density at radius 3 is 2.38 bits per heavy atom. The number of hydrogen-bond acceptors (Lipinski definition) is 5. The molecule has 0 aliphatic carbocycles. The number of nitrogens with zero attached hydrogens (tertiary/aromatic N) is 6. The molecule has 2 amide bonds. The van der Waals surface area contributed by atoms with E-state index in [2.05, 4.69) is 24.0 Å². The number of likely N-dealkylation sites (tertiary alicyclic amines) is 2. The maximum absolute atomic E-state index is 12.9. The van der Waals surface area contributed by atoms with E-state index in [1.165, 1.54) is 18.2 Å². The van der Waals surface area contributed by atoms with Crippen LogP contribution in [0.25, 0.3) is 16.8 Å². The lowest BCUT2D eigenvalue weighted by Gasteiger charge is -2.34. The zero-order valence-electron chi connectivity index (χ0n) is 18.7. The summed E-state index contributed by atoms with van der Waals surface area (Å²) in [4.78, 5) is 29.6. The first kappa shape index (κ1) is 21.3.